The van der Waals surface area contributed by atoms with Crippen molar-refractivity contribution in [2.24, 2.45) is 0 Å². The van der Waals surface area contributed by atoms with Crippen molar-refractivity contribution in [2.45, 2.75) is 4.90 Å². The number of anilines is 1. The first-order valence-corrected chi connectivity index (χ1v) is 7.82. The zero-order chi connectivity index (χ0) is 14.0. The Morgan fingerprint density at radius 2 is 1.79 bits per heavy atom. The van der Waals surface area contributed by atoms with Crippen LogP contribution in [-0.2, 0) is 10.0 Å². The van der Waals surface area contributed by atoms with Crippen LogP contribution in [0.25, 0.3) is 0 Å². The predicted octanol–water partition coefficient (Wildman–Crippen LogP) is 3.61. The van der Waals surface area contributed by atoms with Gasteiger partial charge in [0, 0.05) is 0 Å². The van der Waals surface area contributed by atoms with E-state index < -0.39 is 10.0 Å². The molecule has 2 N–H and O–H groups in total. The lowest BCUT2D eigenvalue weighted by Crippen LogP contribution is -2.13. The first kappa shape index (κ1) is 14.2. The molecular weight excluding hydrogens is 354 g/mol. The predicted molar refractivity (Wildman–Crippen MR) is 78.1 cm³/mol. The Morgan fingerprint density at radius 1 is 1.11 bits per heavy atom. The van der Waals surface area contributed by atoms with Crippen LogP contribution in [0.15, 0.2) is 51.8 Å². The normalized spacial score (nSPS) is 11.3. The number of sulfonamides is 1. The zero-order valence-corrected chi connectivity index (χ0v) is 12.6. The van der Waals surface area contributed by atoms with Gasteiger partial charge >= 0.3 is 0 Å². The van der Waals surface area contributed by atoms with Crippen molar-refractivity contribution in [3.63, 3.8) is 0 Å². The van der Waals surface area contributed by atoms with Gasteiger partial charge in [-0.15, -0.1) is 0 Å². The molecule has 0 radical (unpaired) electrons. The molecule has 2 aromatic rings. The van der Waals surface area contributed by atoms with E-state index >= 15 is 0 Å². The summed E-state index contributed by atoms with van der Waals surface area (Å²) in [5, 5.41) is 9.89. The first-order chi connectivity index (χ1) is 8.92. The summed E-state index contributed by atoms with van der Waals surface area (Å²) < 4.78 is 27.0. The fourth-order valence-corrected chi connectivity index (χ4v) is 3.41. The van der Waals surface area contributed by atoms with Crippen LogP contribution >= 0.6 is 27.5 Å². The van der Waals surface area contributed by atoms with E-state index in [4.69, 9.17) is 11.6 Å². The Kier molecular flexibility index (Phi) is 4.03. The van der Waals surface area contributed by atoms with E-state index in [2.05, 4.69) is 20.7 Å². The summed E-state index contributed by atoms with van der Waals surface area (Å²) in [5.74, 6) is -0.182. The highest BCUT2D eigenvalue weighted by Crippen LogP contribution is 2.33. The van der Waals surface area contributed by atoms with E-state index in [1.165, 1.54) is 18.2 Å². The Hall–Kier alpha value is -1.24. The van der Waals surface area contributed by atoms with Gasteiger partial charge in [0.2, 0.25) is 0 Å². The number of rotatable bonds is 3. The van der Waals surface area contributed by atoms with Crippen LogP contribution in [-0.4, -0.2) is 13.5 Å². The summed E-state index contributed by atoms with van der Waals surface area (Å²) in [7, 11) is -3.85. The van der Waals surface area contributed by atoms with Gasteiger partial charge < -0.3 is 5.11 Å². The lowest BCUT2D eigenvalue weighted by Gasteiger charge is -2.11. The molecule has 0 saturated heterocycles. The second kappa shape index (κ2) is 5.40. The number of hydrogen-bond donors (Lipinski definition) is 2. The van der Waals surface area contributed by atoms with E-state index in [9.17, 15) is 13.5 Å². The third-order valence-electron chi connectivity index (χ3n) is 2.36. The van der Waals surface area contributed by atoms with Gasteiger partial charge in [0.15, 0.2) is 5.75 Å². The number of phenolic OH excluding ortho intramolecular Hbond substituents is 1. The molecule has 0 amide bonds. The minimum absolute atomic E-state index is 0.0453. The van der Waals surface area contributed by atoms with E-state index in [1.807, 2.05) is 0 Å². The molecule has 0 aliphatic carbocycles. The lowest BCUT2D eigenvalue weighted by molar-refractivity contribution is 0.474. The van der Waals surface area contributed by atoms with Crippen molar-refractivity contribution in [2.75, 3.05) is 4.72 Å². The molecule has 2 rings (SSSR count). The smallest absolute Gasteiger partial charge is 0.263 e. The van der Waals surface area contributed by atoms with Gasteiger partial charge in [-0.3, -0.25) is 4.72 Å². The molecule has 0 saturated carbocycles. The van der Waals surface area contributed by atoms with E-state index in [-0.39, 0.29) is 21.4 Å². The Morgan fingerprint density at radius 3 is 2.47 bits per heavy atom. The Balaban J connectivity index is 2.43. The van der Waals surface area contributed by atoms with E-state index in [0.29, 0.717) is 4.47 Å². The molecule has 19 heavy (non-hydrogen) atoms. The van der Waals surface area contributed by atoms with Crippen molar-refractivity contribution < 1.29 is 13.5 Å². The number of para-hydroxylation sites is 1. The quantitative estimate of drug-likeness (QED) is 0.820. The van der Waals surface area contributed by atoms with Crippen molar-refractivity contribution in [3.8, 4) is 5.75 Å². The molecule has 0 aromatic heterocycles. The second-order valence-electron chi connectivity index (χ2n) is 3.67. The Bertz CT molecular complexity index is 719. The lowest BCUT2D eigenvalue weighted by atomic mass is 10.3. The molecule has 0 aliphatic heterocycles. The maximum absolute atomic E-state index is 12.2. The van der Waals surface area contributed by atoms with Gasteiger partial charge in [0.1, 0.15) is 4.90 Å². The van der Waals surface area contributed by atoms with E-state index in [0.717, 1.165) is 0 Å². The molecule has 0 fully saturated rings. The fourth-order valence-electron chi connectivity index (χ4n) is 1.46. The third-order valence-corrected chi connectivity index (χ3v) is 4.86. The van der Waals surface area contributed by atoms with Gasteiger partial charge in [0.05, 0.1) is 15.2 Å². The molecule has 0 spiro atoms. The zero-order valence-electron chi connectivity index (χ0n) is 9.47. The summed E-state index contributed by atoms with van der Waals surface area (Å²) in [5.41, 5.74) is 0.0781. The largest absolute Gasteiger partial charge is 0.505 e. The number of benzene rings is 2. The van der Waals surface area contributed by atoms with Crippen LogP contribution in [0, 0.1) is 0 Å². The molecule has 0 heterocycles. The molecule has 4 nitrogen and oxygen atoms in total. The van der Waals surface area contributed by atoms with Crippen LogP contribution < -0.4 is 4.72 Å². The molecule has 0 atom stereocenters. The molecular formula is C12H9BrClNO3S. The maximum atomic E-state index is 12.2. The van der Waals surface area contributed by atoms with Crippen molar-refractivity contribution in [3.05, 3.63) is 52.0 Å². The molecule has 0 unspecified atom stereocenters. The molecule has 100 valence electrons. The third kappa shape index (κ3) is 3.02. The van der Waals surface area contributed by atoms with Crippen molar-refractivity contribution in [1.82, 2.24) is 0 Å². The average Bonchev–Trinajstić information content (AvgIpc) is 2.35. The summed E-state index contributed by atoms with van der Waals surface area (Å²) in [6.45, 7) is 0. The standard InChI is InChI=1S/C12H9BrClNO3S/c13-8-4-3-6-10(12(8)16)15-19(17,18)11-7-2-1-5-9(11)14/h1-7,15-16H. The number of aromatic hydroxyl groups is 1. The summed E-state index contributed by atoms with van der Waals surface area (Å²) in [6, 6.07) is 10.7. The van der Waals surface area contributed by atoms with Gasteiger partial charge in [-0.25, -0.2) is 8.42 Å². The summed E-state index contributed by atoms with van der Waals surface area (Å²) in [4.78, 5) is -0.0453. The average molecular weight is 363 g/mol. The Labute approximate surface area is 124 Å². The van der Waals surface area contributed by atoms with Crippen LogP contribution in [0.4, 0.5) is 5.69 Å². The second-order valence-corrected chi connectivity index (χ2v) is 6.58. The molecule has 2 aromatic carbocycles. The number of halogens is 2. The number of phenols is 1. The highest BCUT2D eigenvalue weighted by Gasteiger charge is 2.19. The van der Waals surface area contributed by atoms with Gasteiger partial charge in [-0.05, 0) is 40.2 Å². The highest BCUT2D eigenvalue weighted by molar-refractivity contribution is 9.10. The van der Waals surface area contributed by atoms with Crippen LogP contribution in [0.2, 0.25) is 5.02 Å². The molecule has 7 heteroatoms. The SMILES string of the molecule is O=S(=O)(Nc1cccc(Br)c1O)c1ccccc1Cl. The fraction of sp³-hybridized carbons (Fsp3) is 0. The van der Waals surface area contributed by atoms with E-state index in [1.54, 1.807) is 24.3 Å². The molecule has 0 aliphatic rings. The van der Waals surface area contributed by atoms with Gasteiger partial charge in [-0.1, -0.05) is 29.8 Å². The summed E-state index contributed by atoms with van der Waals surface area (Å²) in [6.07, 6.45) is 0. The maximum Gasteiger partial charge on any atom is 0.263 e. The topological polar surface area (TPSA) is 66.4 Å². The minimum atomic E-state index is -3.85. The van der Waals surface area contributed by atoms with Gasteiger partial charge in [0.25, 0.3) is 10.0 Å². The van der Waals surface area contributed by atoms with Crippen LogP contribution in [0.1, 0.15) is 0 Å². The number of hydrogen-bond acceptors (Lipinski definition) is 3. The monoisotopic (exact) mass is 361 g/mol. The highest BCUT2D eigenvalue weighted by atomic mass is 79.9. The molecule has 0 bridgehead atoms. The number of nitrogens with one attached hydrogen (secondary N) is 1. The van der Waals surface area contributed by atoms with Crippen molar-refractivity contribution in [1.29, 1.82) is 0 Å². The summed E-state index contributed by atoms with van der Waals surface area (Å²) >= 11 is 8.97. The first-order valence-electron chi connectivity index (χ1n) is 5.16. The van der Waals surface area contributed by atoms with Crippen LogP contribution in [0.5, 0.6) is 5.75 Å². The van der Waals surface area contributed by atoms with Crippen LogP contribution in [0.3, 0.4) is 0 Å². The van der Waals surface area contributed by atoms with Gasteiger partial charge in [-0.2, -0.15) is 0 Å². The van der Waals surface area contributed by atoms with Crippen molar-refractivity contribution >= 4 is 43.2 Å². The minimum Gasteiger partial charge on any atom is -0.505 e.